The Bertz CT molecular complexity index is 793. The summed E-state index contributed by atoms with van der Waals surface area (Å²) in [4.78, 5) is 38.5. The van der Waals surface area contributed by atoms with Gasteiger partial charge in [0.15, 0.2) is 5.13 Å². The van der Waals surface area contributed by atoms with Gasteiger partial charge >= 0.3 is 0 Å². The molecule has 26 heavy (non-hydrogen) atoms. The highest BCUT2D eigenvalue weighted by Gasteiger charge is 2.26. The number of piperidine rings is 1. The number of anilines is 2. The molecular weight excluding hydrogens is 352 g/mol. The first kappa shape index (κ1) is 18.2. The molecule has 0 aromatic carbocycles. The number of nitrogens with two attached hydrogens (primary N) is 1. The minimum absolute atomic E-state index is 0.0208. The van der Waals surface area contributed by atoms with Crippen molar-refractivity contribution in [3.8, 4) is 0 Å². The van der Waals surface area contributed by atoms with Gasteiger partial charge in [-0.25, -0.2) is 15.0 Å². The lowest BCUT2D eigenvalue weighted by atomic mass is 9.96. The molecule has 0 radical (unpaired) electrons. The van der Waals surface area contributed by atoms with Crippen LogP contribution in [0.2, 0.25) is 0 Å². The van der Waals surface area contributed by atoms with Crippen LogP contribution >= 0.6 is 11.3 Å². The number of thiazole rings is 1. The van der Waals surface area contributed by atoms with E-state index < -0.39 is 0 Å². The summed E-state index contributed by atoms with van der Waals surface area (Å²) in [5.41, 5.74) is 7.80. The Morgan fingerprint density at radius 3 is 2.50 bits per heavy atom. The highest BCUT2D eigenvalue weighted by atomic mass is 32.1. The second kappa shape index (κ2) is 7.77. The summed E-state index contributed by atoms with van der Waals surface area (Å²) in [6.45, 7) is 4.95. The van der Waals surface area contributed by atoms with E-state index >= 15 is 0 Å². The highest BCUT2D eigenvalue weighted by molar-refractivity contribution is 7.13. The normalized spacial score (nSPS) is 15.1. The zero-order valence-electron chi connectivity index (χ0n) is 14.9. The molecule has 138 valence electrons. The Hall–Kier alpha value is -2.55. The van der Waals surface area contributed by atoms with Crippen LogP contribution in [-0.4, -0.2) is 44.8 Å². The monoisotopic (exact) mass is 374 g/mol. The number of nitrogens with zero attached hydrogens (tertiary/aromatic N) is 4. The average molecular weight is 374 g/mol. The molecule has 3 N–H and O–H groups in total. The number of amides is 2. The Kier molecular flexibility index (Phi) is 5.46. The van der Waals surface area contributed by atoms with Gasteiger partial charge < -0.3 is 16.0 Å². The number of nitrogens with one attached hydrogen (secondary N) is 1. The Labute approximate surface area is 155 Å². The number of aryl methyl sites for hydroxylation is 2. The molecular formula is C17H22N6O2S. The second-order valence-corrected chi connectivity index (χ2v) is 7.34. The molecule has 2 amide bonds. The number of aromatic nitrogens is 3. The topological polar surface area (TPSA) is 114 Å². The molecule has 3 rings (SSSR count). The summed E-state index contributed by atoms with van der Waals surface area (Å²) in [5, 5.41) is 5.60. The van der Waals surface area contributed by atoms with E-state index in [2.05, 4.69) is 20.3 Å². The van der Waals surface area contributed by atoms with Crippen molar-refractivity contribution in [3.05, 3.63) is 28.5 Å². The molecule has 3 heterocycles. The van der Waals surface area contributed by atoms with Crippen molar-refractivity contribution in [1.29, 1.82) is 0 Å². The standard InChI is InChI=1S/C17H22N6O2S/c1-10-7-11(2)20-16(19-10)22-17-21-13(9-26-17)8-14(24)23-5-3-12(4-6-23)15(18)25/h7,9,12H,3-6,8H2,1-2H3,(H2,18,25)(H,19,20,21,22). The molecule has 1 saturated heterocycles. The minimum Gasteiger partial charge on any atom is -0.369 e. The fourth-order valence-corrected chi connectivity index (χ4v) is 3.71. The fraction of sp³-hybridized carbons (Fsp3) is 0.471. The van der Waals surface area contributed by atoms with Gasteiger partial charge in [-0.05, 0) is 32.8 Å². The summed E-state index contributed by atoms with van der Waals surface area (Å²) in [5.74, 6) is 0.128. The fourth-order valence-electron chi connectivity index (χ4n) is 3.00. The quantitative estimate of drug-likeness (QED) is 0.821. The smallest absolute Gasteiger partial charge is 0.229 e. The molecule has 0 aliphatic carbocycles. The Balaban J connectivity index is 1.56. The first-order valence-electron chi connectivity index (χ1n) is 8.51. The van der Waals surface area contributed by atoms with Gasteiger partial charge in [-0.15, -0.1) is 11.3 Å². The van der Waals surface area contributed by atoms with Gasteiger partial charge in [0.1, 0.15) is 0 Å². The number of carbonyl (C=O) groups is 2. The molecule has 0 bridgehead atoms. The maximum absolute atomic E-state index is 12.4. The molecule has 1 aliphatic heterocycles. The van der Waals surface area contributed by atoms with E-state index in [1.807, 2.05) is 25.3 Å². The SMILES string of the molecule is Cc1cc(C)nc(Nc2nc(CC(=O)N3CCC(C(N)=O)CC3)cs2)n1. The first-order valence-corrected chi connectivity index (χ1v) is 9.39. The van der Waals surface area contributed by atoms with Gasteiger partial charge in [0.25, 0.3) is 0 Å². The van der Waals surface area contributed by atoms with Gasteiger partial charge in [0, 0.05) is 35.8 Å². The number of hydrogen-bond donors (Lipinski definition) is 2. The molecule has 0 unspecified atom stereocenters. The van der Waals surface area contributed by atoms with Crippen molar-refractivity contribution in [1.82, 2.24) is 19.9 Å². The molecule has 0 spiro atoms. The number of rotatable bonds is 5. The van der Waals surface area contributed by atoms with Crippen LogP contribution in [0.3, 0.4) is 0 Å². The van der Waals surface area contributed by atoms with Crippen molar-refractivity contribution in [3.63, 3.8) is 0 Å². The lowest BCUT2D eigenvalue weighted by molar-refractivity contribution is -0.134. The summed E-state index contributed by atoms with van der Waals surface area (Å²) >= 11 is 1.41. The molecule has 0 atom stereocenters. The predicted molar refractivity (Wildman–Crippen MR) is 99.1 cm³/mol. The maximum atomic E-state index is 12.4. The number of likely N-dealkylation sites (tertiary alicyclic amines) is 1. The molecule has 9 heteroatoms. The van der Waals surface area contributed by atoms with Crippen LogP contribution in [0, 0.1) is 19.8 Å². The van der Waals surface area contributed by atoms with E-state index in [1.165, 1.54) is 11.3 Å². The van der Waals surface area contributed by atoms with Crippen LogP contribution in [0.4, 0.5) is 11.1 Å². The van der Waals surface area contributed by atoms with Crippen LogP contribution in [0.1, 0.15) is 29.9 Å². The molecule has 1 aliphatic rings. The summed E-state index contributed by atoms with van der Waals surface area (Å²) in [7, 11) is 0. The zero-order valence-corrected chi connectivity index (χ0v) is 15.7. The van der Waals surface area contributed by atoms with Gasteiger partial charge in [-0.3, -0.25) is 9.59 Å². The van der Waals surface area contributed by atoms with Crippen LogP contribution in [-0.2, 0) is 16.0 Å². The lowest BCUT2D eigenvalue weighted by Gasteiger charge is -2.30. The predicted octanol–water partition coefficient (Wildman–Crippen LogP) is 1.56. The van der Waals surface area contributed by atoms with Crippen molar-refractivity contribution >= 4 is 34.2 Å². The number of primary amides is 1. The van der Waals surface area contributed by atoms with E-state index in [0.29, 0.717) is 42.7 Å². The van der Waals surface area contributed by atoms with E-state index in [1.54, 1.807) is 4.90 Å². The van der Waals surface area contributed by atoms with Crippen LogP contribution in [0.5, 0.6) is 0 Å². The van der Waals surface area contributed by atoms with Gasteiger partial charge in [-0.1, -0.05) is 0 Å². The Morgan fingerprint density at radius 1 is 1.23 bits per heavy atom. The van der Waals surface area contributed by atoms with Crippen molar-refractivity contribution in [2.24, 2.45) is 11.7 Å². The molecule has 2 aromatic heterocycles. The Morgan fingerprint density at radius 2 is 1.88 bits per heavy atom. The van der Waals surface area contributed by atoms with E-state index in [4.69, 9.17) is 5.73 Å². The minimum atomic E-state index is -0.277. The molecule has 0 saturated carbocycles. The van der Waals surface area contributed by atoms with E-state index in [-0.39, 0.29) is 24.2 Å². The maximum Gasteiger partial charge on any atom is 0.229 e. The highest BCUT2D eigenvalue weighted by Crippen LogP contribution is 2.21. The first-order chi connectivity index (χ1) is 12.4. The van der Waals surface area contributed by atoms with Crippen molar-refractivity contribution < 1.29 is 9.59 Å². The van der Waals surface area contributed by atoms with Crippen LogP contribution in [0.25, 0.3) is 0 Å². The molecule has 8 nitrogen and oxygen atoms in total. The zero-order chi connectivity index (χ0) is 18.7. The largest absolute Gasteiger partial charge is 0.369 e. The third-order valence-electron chi connectivity index (χ3n) is 4.34. The van der Waals surface area contributed by atoms with E-state index in [9.17, 15) is 9.59 Å². The third-order valence-corrected chi connectivity index (χ3v) is 5.14. The summed E-state index contributed by atoms with van der Waals surface area (Å²) < 4.78 is 0. The number of hydrogen-bond acceptors (Lipinski definition) is 7. The van der Waals surface area contributed by atoms with E-state index in [0.717, 1.165) is 11.4 Å². The number of carbonyl (C=O) groups excluding carboxylic acids is 2. The van der Waals surface area contributed by atoms with Gasteiger partial charge in [0.2, 0.25) is 17.8 Å². The van der Waals surface area contributed by atoms with Gasteiger partial charge in [-0.2, -0.15) is 0 Å². The third kappa shape index (κ3) is 4.54. The average Bonchev–Trinajstić information content (AvgIpc) is 3.00. The molecule has 1 fully saturated rings. The summed E-state index contributed by atoms with van der Waals surface area (Å²) in [6.07, 6.45) is 1.51. The molecule has 2 aromatic rings. The summed E-state index contributed by atoms with van der Waals surface area (Å²) in [6, 6.07) is 1.90. The van der Waals surface area contributed by atoms with Crippen LogP contribution in [0.15, 0.2) is 11.4 Å². The lowest BCUT2D eigenvalue weighted by Crippen LogP contribution is -2.42. The van der Waals surface area contributed by atoms with Gasteiger partial charge in [0.05, 0.1) is 12.1 Å². The van der Waals surface area contributed by atoms with Crippen LogP contribution < -0.4 is 11.1 Å². The van der Waals surface area contributed by atoms with Crippen molar-refractivity contribution in [2.75, 3.05) is 18.4 Å². The van der Waals surface area contributed by atoms with Crippen molar-refractivity contribution in [2.45, 2.75) is 33.1 Å². The second-order valence-electron chi connectivity index (χ2n) is 6.48.